The normalized spacial score (nSPS) is 26.7. The second-order valence-corrected chi connectivity index (χ2v) is 5.66. The van der Waals surface area contributed by atoms with Crippen LogP contribution in [0.1, 0.15) is 13.3 Å². The number of nitrogens with zero attached hydrogens (tertiary/aromatic N) is 2. The topological polar surface area (TPSA) is 82.1 Å². The van der Waals surface area contributed by atoms with Gasteiger partial charge in [-0.1, -0.05) is 6.92 Å². The van der Waals surface area contributed by atoms with Gasteiger partial charge < -0.3 is 20.1 Å². The second-order valence-electron chi connectivity index (χ2n) is 5.66. The molecule has 2 aliphatic rings. The van der Waals surface area contributed by atoms with Gasteiger partial charge in [0.1, 0.15) is 5.92 Å². The molecule has 0 aromatic rings. The van der Waals surface area contributed by atoms with Crippen molar-refractivity contribution in [2.45, 2.75) is 19.4 Å². The van der Waals surface area contributed by atoms with E-state index in [-0.39, 0.29) is 18.6 Å². The molecule has 7 heteroatoms. The molecule has 2 atom stereocenters. The SMILES string of the molecule is CCCN(C(=O)CN1CCNCC1)C1COCC1C(=O)O. The quantitative estimate of drug-likeness (QED) is 0.670. The van der Waals surface area contributed by atoms with Crippen molar-refractivity contribution in [3.8, 4) is 0 Å². The Balaban J connectivity index is 1.99. The summed E-state index contributed by atoms with van der Waals surface area (Å²) >= 11 is 0. The lowest BCUT2D eigenvalue weighted by atomic mass is 10.0. The molecule has 2 N–H and O–H groups in total. The molecule has 0 aromatic carbocycles. The standard InChI is InChI=1S/C14H25N3O4/c1-2-5-17(12-10-21-9-11(12)14(19)20)13(18)8-16-6-3-15-4-7-16/h11-12,15H,2-10H2,1H3,(H,19,20). The summed E-state index contributed by atoms with van der Waals surface area (Å²) in [5.41, 5.74) is 0. The van der Waals surface area contributed by atoms with Crippen LogP contribution in [-0.2, 0) is 14.3 Å². The summed E-state index contributed by atoms with van der Waals surface area (Å²) in [6.45, 7) is 6.97. The second kappa shape index (κ2) is 7.72. The van der Waals surface area contributed by atoms with Crippen molar-refractivity contribution in [3.63, 3.8) is 0 Å². The van der Waals surface area contributed by atoms with Crippen LogP contribution in [0.4, 0.5) is 0 Å². The van der Waals surface area contributed by atoms with Crippen LogP contribution >= 0.6 is 0 Å². The summed E-state index contributed by atoms with van der Waals surface area (Å²) in [6, 6.07) is -0.335. The zero-order valence-electron chi connectivity index (χ0n) is 12.6. The highest BCUT2D eigenvalue weighted by atomic mass is 16.5. The highest BCUT2D eigenvalue weighted by Gasteiger charge is 2.39. The fourth-order valence-electron chi connectivity index (χ4n) is 2.95. The Kier molecular flexibility index (Phi) is 5.96. The molecule has 2 fully saturated rings. The number of carbonyl (C=O) groups excluding carboxylic acids is 1. The van der Waals surface area contributed by atoms with Crippen LogP contribution < -0.4 is 5.32 Å². The smallest absolute Gasteiger partial charge is 0.311 e. The number of carboxylic acid groups (broad SMARTS) is 1. The minimum atomic E-state index is -0.881. The Morgan fingerprint density at radius 3 is 2.67 bits per heavy atom. The number of aliphatic carboxylic acids is 1. The third-order valence-electron chi connectivity index (χ3n) is 4.12. The van der Waals surface area contributed by atoms with Crippen LogP contribution in [0.15, 0.2) is 0 Å². The van der Waals surface area contributed by atoms with Gasteiger partial charge in [-0.05, 0) is 6.42 Å². The number of hydrogen-bond donors (Lipinski definition) is 2. The van der Waals surface area contributed by atoms with E-state index in [0.717, 1.165) is 32.6 Å². The molecule has 0 spiro atoms. The van der Waals surface area contributed by atoms with Gasteiger partial charge in [0.05, 0.1) is 25.8 Å². The van der Waals surface area contributed by atoms with Crippen LogP contribution in [0.25, 0.3) is 0 Å². The van der Waals surface area contributed by atoms with E-state index >= 15 is 0 Å². The van der Waals surface area contributed by atoms with Gasteiger partial charge in [-0.2, -0.15) is 0 Å². The summed E-state index contributed by atoms with van der Waals surface area (Å²) in [7, 11) is 0. The Bertz CT molecular complexity index is 371. The Morgan fingerprint density at radius 2 is 2.05 bits per heavy atom. The van der Waals surface area contributed by atoms with Gasteiger partial charge in [0.15, 0.2) is 0 Å². The number of carboxylic acids is 1. The van der Waals surface area contributed by atoms with Crippen molar-refractivity contribution >= 4 is 11.9 Å². The summed E-state index contributed by atoms with van der Waals surface area (Å²) < 4.78 is 5.30. The van der Waals surface area contributed by atoms with Gasteiger partial charge >= 0.3 is 5.97 Å². The van der Waals surface area contributed by atoms with E-state index in [4.69, 9.17) is 4.74 Å². The Labute approximate surface area is 125 Å². The molecule has 2 aliphatic heterocycles. The van der Waals surface area contributed by atoms with Crippen LogP contribution in [0.5, 0.6) is 0 Å². The zero-order chi connectivity index (χ0) is 15.2. The fourth-order valence-corrected chi connectivity index (χ4v) is 2.95. The number of nitrogens with one attached hydrogen (secondary N) is 1. The molecule has 0 saturated carbocycles. The number of piperazine rings is 1. The van der Waals surface area contributed by atoms with E-state index in [0.29, 0.717) is 19.7 Å². The highest BCUT2D eigenvalue weighted by molar-refractivity contribution is 5.80. The van der Waals surface area contributed by atoms with Gasteiger partial charge in [-0.15, -0.1) is 0 Å². The van der Waals surface area contributed by atoms with Crippen LogP contribution in [0, 0.1) is 5.92 Å². The van der Waals surface area contributed by atoms with E-state index in [1.165, 1.54) is 0 Å². The van der Waals surface area contributed by atoms with E-state index < -0.39 is 11.9 Å². The summed E-state index contributed by atoms with van der Waals surface area (Å²) in [6.07, 6.45) is 0.816. The molecule has 7 nitrogen and oxygen atoms in total. The van der Waals surface area contributed by atoms with Crippen molar-refractivity contribution in [1.29, 1.82) is 0 Å². The van der Waals surface area contributed by atoms with Crippen LogP contribution in [0.3, 0.4) is 0 Å². The molecular formula is C14H25N3O4. The van der Waals surface area contributed by atoms with Crippen molar-refractivity contribution in [2.75, 3.05) is 52.5 Å². The molecule has 2 rings (SSSR count). The molecule has 120 valence electrons. The molecule has 2 saturated heterocycles. The van der Waals surface area contributed by atoms with E-state index in [1.54, 1.807) is 4.90 Å². The average Bonchev–Trinajstić information content (AvgIpc) is 2.95. The lowest BCUT2D eigenvalue weighted by Gasteiger charge is -2.33. The van der Waals surface area contributed by atoms with Crippen molar-refractivity contribution in [1.82, 2.24) is 15.1 Å². The fraction of sp³-hybridized carbons (Fsp3) is 0.857. The minimum absolute atomic E-state index is 0.0144. The number of carbonyl (C=O) groups is 2. The van der Waals surface area contributed by atoms with E-state index in [2.05, 4.69) is 10.2 Å². The predicted octanol–water partition coefficient (Wildman–Crippen LogP) is -0.770. The molecule has 21 heavy (non-hydrogen) atoms. The molecule has 0 bridgehead atoms. The molecule has 0 aliphatic carbocycles. The average molecular weight is 299 g/mol. The summed E-state index contributed by atoms with van der Waals surface area (Å²) in [4.78, 5) is 27.7. The maximum Gasteiger partial charge on any atom is 0.311 e. The van der Waals surface area contributed by atoms with Crippen LogP contribution in [0.2, 0.25) is 0 Å². The maximum absolute atomic E-state index is 12.6. The summed E-state index contributed by atoms with van der Waals surface area (Å²) in [5.74, 6) is -1.47. The maximum atomic E-state index is 12.6. The largest absolute Gasteiger partial charge is 0.481 e. The number of ether oxygens (including phenoxy) is 1. The number of hydrogen-bond acceptors (Lipinski definition) is 5. The first-order valence-electron chi connectivity index (χ1n) is 7.66. The Morgan fingerprint density at radius 1 is 1.33 bits per heavy atom. The first-order valence-corrected chi connectivity index (χ1v) is 7.66. The third-order valence-corrected chi connectivity index (χ3v) is 4.12. The molecule has 0 aromatic heterocycles. The van der Waals surface area contributed by atoms with Crippen molar-refractivity contribution in [3.05, 3.63) is 0 Å². The number of rotatable bonds is 6. The Hall–Kier alpha value is -1.18. The third kappa shape index (κ3) is 4.15. The number of amides is 1. The highest BCUT2D eigenvalue weighted by Crippen LogP contribution is 2.21. The minimum Gasteiger partial charge on any atom is -0.481 e. The first kappa shape index (κ1) is 16.2. The van der Waals surface area contributed by atoms with Gasteiger partial charge in [0, 0.05) is 32.7 Å². The van der Waals surface area contributed by atoms with Gasteiger partial charge in [-0.25, -0.2) is 0 Å². The van der Waals surface area contributed by atoms with Gasteiger partial charge in [-0.3, -0.25) is 14.5 Å². The molecule has 0 radical (unpaired) electrons. The van der Waals surface area contributed by atoms with E-state index in [9.17, 15) is 14.7 Å². The van der Waals surface area contributed by atoms with Crippen molar-refractivity contribution < 1.29 is 19.4 Å². The lowest BCUT2D eigenvalue weighted by Crippen LogP contribution is -2.52. The predicted molar refractivity (Wildman–Crippen MR) is 77.0 cm³/mol. The molecule has 2 unspecified atom stereocenters. The lowest BCUT2D eigenvalue weighted by molar-refractivity contribution is -0.145. The monoisotopic (exact) mass is 299 g/mol. The van der Waals surface area contributed by atoms with E-state index in [1.807, 2.05) is 6.92 Å². The van der Waals surface area contributed by atoms with Gasteiger partial charge in [0.2, 0.25) is 5.91 Å². The van der Waals surface area contributed by atoms with Crippen molar-refractivity contribution in [2.24, 2.45) is 5.92 Å². The summed E-state index contributed by atoms with van der Waals surface area (Å²) in [5, 5.41) is 12.5. The zero-order valence-corrected chi connectivity index (χ0v) is 12.6. The van der Waals surface area contributed by atoms with Crippen LogP contribution in [-0.4, -0.2) is 85.3 Å². The van der Waals surface area contributed by atoms with Gasteiger partial charge in [0.25, 0.3) is 0 Å². The molecular weight excluding hydrogens is 274 g/mol. The first-order chi connectivity index (χ1) is 10.1. The molecule has 2 heterocycles. The molecule has 1 amide bonds.